The van der Waals surface area contributed by atoms with E-state index in [1.54, 1.807) is 55.1 Å². The van der Waals surface area contributed by atoms with Crippen molar-refractivity contribution in [1.82, 2.24) is 14.8 Å². The number of rotatable bonds is 5. The molecule has 2 aromatic carbocycles. The number of aromatic nitrogens is 3. The van der Waals surface area contributed by atoms with Crippen molar-refractivity contribution in [2.75, 3.05) is 17.7 Å². The number of amides is 1. The summed E-state index contributed by atoms with van der Waals surface area (Å²) in [5.74, 6) is -0.136. The molecule has 0 spiro atoms. The fraction of sp³-hybridized carbons (Fsp3) is 0.143. The van der Waals surface area contributed by atoms with Gasteiger partial charge in [0.25, 0.3) is 5.91 Å². The molecule has 3 N–H and O–H groups in total. The summed E-state index contributed by atoms with van der Waals surface area (Å²) in [5, 5.41) is 19.4. The van der Waals surface area contributed by atoms with Crippen molar-refractivity contribution in [3.05, 3.63) is 77.3 Å². The zero-order chi connectivity index (χ0) is 21.3. The Morgan fingerprint density at radius 1 is 1.13 bits per heavy atom. The van der Waals surface area contributed by atoms with Gasteiger partial charge in [-0.3, -0.25) is 4.79 Å². The van der Waals surface area contributed by atoms with Gasteiger partial charge in [0.1, 0.15) is 18.1 Å². The molecule has 152 valence electrons. The number of carbonyl (C=O) groups excluding carboxylic acids is 1. The Labute approximate surface area is 172 Å². The molecular weight excluding hydrogens is 386 g/mol. The van der Waals surface area contributed by atoms with Crippen molar-refractivity contribution in [3.8, 4) is 5.75 Å². The van der Waals surface area contributed by atoms with Gasteiger partial charge >= 0.3 is 5.97 Å². The Bertz CT molecular complexity index is 1130. The number of hydrogen-bond donors (Lipinski definition) is 3. The van der Waals surface area contributed by atoms with Crippen LogP contribution in [0, 0.1) is 0 Å². The number of aromatic carboxylic acids is 1. The number of nitrogens with zero attached hydrogens (tertiary/aromatic N) is 3. The Balaban J connectivity index is 1.71. The van der Waals surface area contributed by atoms with Crippen LogP contribution in [-0.2, 0) is 4.79 Å². The molecule has 1 amide bonds. The highest BCUT2D eigenvalue weighted by Gasteiger charge is 2.33. The molecular formula is C21H19N5O4. The number of hydrogen-bond acceptors (Lipinski definition) is 6. The Hall–Kier alpha value is -4.14. The maximum Gasteiger partial charge on any atom is 0.335 e. The molecule has 2 heterocycles. The van der Waals surface area contributed by atoms with E-state index in [0.717, 1.165) is 0 Å². The second kappa shape index (κ2) is 7.70. The quantitative estimate of drug-likeness (QED) is 0.597. The molecule has 3 aromatic rings. The molecule has 0 bridgehead atoms. The molecule has 0 aliphatic carbocycles. The fourth-order valence-electron chi connectivity index (χ4n) is 3.37. The highest BCUT2D eigenvalue weighted by molar-refractivity contribution is 6.06. The number of benzene rings is 2. The summed E-state index contributed by atoms with van der Waals surface area (Å²) in [6.45, 7) is 1.79. The summed E-state index contributed by atoms with van der Waals surface area (Å²) in [4.78, 5) is 28.6. The van der Waals surface area contributed by atoms with Crippen LogP contribution in [0.4, 0.5) is 11.6 Å². The predicted molar refractivity (Wildman–Crippen MR) is 110 cm³/mol. The lowest BCUT2D eigenvalue weighted by atomic mass is 9.94. The third-order valence-electron chi connectivity index (χ3n) is 4.86. The molecule has 9 heteroatoms. The number of carboxylic acid groups (broad SMARTS) is 1. The lowest BCUT2D eigenvalue weighted by Crippen LogP contribution is -2.31. The topological polar surface area (TPSA) is 118 Å². The molecule has 1 aromatic heterocycles. The second-order valence-electron chi connectivity index (χ2n) is 6.70. The molecule has 0 radical (unpaired) electrons. The van der Waals surface area contributed by atoms with E-state index in [1.165, 1.54) is 18.5 Å². The molecule has 4 rings (SSSR count). The van der Waals surface area contributed by atoms with E-state index in [-0.39, 0.29) is 11.5 Å². The maximum absolute atomic E-state index is 13.2. The lowest BCUT2D eigenvalue weighted by Gasteiger charge is -2.28. The number of ether oxygens (including phenoxy) is 1. The number of nitrogens with one attached hydrogen (secondary N) is 2. The molecule has 0 saturated carbocycles. The molecule has 1 atom stereocenters. The van der Waals surface area contributed by atoms with Crippen molar-refractivity contribution >= 4 is 23.5 Å². The maximum atomic E-state index is 13.2. The van der Waals surface area contributed by atoms with E-state index in [9.17, 15) is 14.7 Å². The first-order valence-corrected chi connectivity index (χ1v) is 9.14. The predicted octanol–water partition coefficient (Wildman–Crippen LogP) is 2.91. The summed E-state index contributed by atoms with van der Waals surface area (Å²) in [6.07, 6.45) is 1.40. The highest BCUT2D eigenvalue weighted by Crippen LogP contribution is 2.35. The number of allylic oxidation sites excluding steroid dienone is 1. The number of carbonyl (C=O) groups is 2. The highest BCUT2D eigenvalue weighted by atomic mass is 16.5. The van der Waals surface area contributed by atoms with Crippen molar-refractivity contribution in [2.45, 2.75) is 13.0 Å². The van der Waals surface area contributed by atoms with Crippen LogP contribution in [0.5, 0.6) is 5.75 Å². The number of fused-ring (bicyclic) bond motifs is 1. The van der Waals surface area contributed by atoms with E-state index in [4.69, 9.17) is 4.74 Å². The average Bonchev–Trinajstić information content (AvgIpc) is 3.21. The molecule has 0 saturated heterocycles. The monoisotopic (exact) mass is 405 g/mol. The van der Waals surface area contributed by atoms with Gasteiger partial charge in [-0.1, -0.05) is 12.1 Å². The van der Waals surface area contributed by atoms with Gasteiger partial charge in [0.2, 0.25) is 5.95 Å². The standard InChI is InChI=1S/C21H19N5O4/c1-12-17(19(27)25-15-7-9-16(30-2)10-8-15)18(26-21(24-12)22-11-23-26)13-3-5-14(6-4-13)20(28)29/h3-11,18H,1-2H3,(H,25,27)(H,28,29)(H,22,23,24). The van der Waals surface area contributed by atoms with E-state index in [1.807, 2.05) is 0 Å². The summed E-state index contributed by atoms with van der Waals surface area (Å²) >= 11 is 0. The van der Waals surface area contributed by atoms with E-state index >= 15 is 0 Å². The molecule has 1 aliphatic rings. The summed E-state index contributed by atoms with van der Waals surface area (Å²) in [6, 6.07) is 12.8. The summed E-state index contributed by atoms with van der Waals surface area (Å²) < 4.78 is 6.75. The summed E-state index contributed by atoms with van der Waals surface area (Å²) in [5.41, 5.74) is 2.58. The minimum atomic E-state index is -1.02. The van der Waals surface area contributed by atoms with Gasteiger partial charge in [0.15, 0.2) is 0 Å². The van der Waals surface area contributed by atoms with Crippen molar-refractivity contribution < 1.29 is 19.4 Å². The zero-order valence-electron chi connectivity index (χ0n) is 16.3. The third kappa shape index (κ3) is 3.48. The van der Waals surface area contributed by atoms with Gasteiger partial charge in [-0.2, -0.15) is 10.1 Å². The van der Waals surface area contributed by atoms with Crippen LogP contribution in [0.25, 0.3) is 0 Å². The molecule has 30 heavy (non-hydrogen) atoms. The van der Waals surface area contributed by atoms with Crippen molar-refractivity contribution in [3.63, 3.8) is 0 Å². The van der Waals surface area contributed by atoms with Gasteiger partial charge in [0, 0.05) is 11.4 Å². The van der Waals surface area contributed by atoms with Gasteiger partial charge in [0.05, 0.1) is 18.2 Å². The van der Waals surface area contributed by atoms with E-state index in [0.29, 0.717) is 34.2 Å². The summed E-state index contributed by atoms with van der Waals surface area (Å²) in [7, 11) is 1.57. The zero-order valence-corrected chi connectivity index (χ0v) is 16.3. The van der Waals surface area contributed by atoms with Crippen molar-refractivity contribution in [2.24, 2.45) is 0 Å². The Morgan fingerprint density at radius 3 is 2.47 bits per heavy atom. The van der Waals surface area contributed by atoms with Gasteiger partial charge < -0.3 is 20.5 Å². The minimum Gasteiger partial charge on any atom is -0.497 e. The van der Waals surface area contributed by atoms with Gasteiger partial charge in [-0.05, 0) is 48.9 Å². The number of anilines is 2. The van der Waals surface area contributed by atoms with Crippen LogP contribution < -0.4 is 15.4 Å². The first-order chi connectivity index (χ1) is 14.5. The first-order valence-electron chi connectivity index (χ1n) is 9.14. The van der Waals surface area contributed by atoms with Gasteiger partial charge in [-0.15, -0.1) is 0 Å². The third-order valence-corrected chi connectivity index (χ3v) is 4.86. The number of carboxylic acids is 1. The minimum absolute atomic E-state index is 0.163. The molecule has 9 nitrogen and oxygen atoms in total. The molecule has 1 unspecified atom stereocenters. The number of methoxy groups -OCH3 is 1. The van der Waals surface area contributed by atoms with Crippen LogP contribution >= 0.6 is 0 Å². The Morgan fingerprint density at radius 2 is 1.83 bits per heavy atom. The average molecular weight is 405 g/mol. The van der Waals surface area contributed by atoms with Crippen molar-refractivity contribution in [1.29, 1.82) is 0 Å². The SMILES string of the molecule is COc1ccc(NC(=O)C2=C(C)Nc3ncnn3C2c2ccc(C(=O)O)cc2)cc1. The second-order valence-corrected chi connectivity index (χ2v) is 6.70. The van der Waals surface area contributed by atoms with E-state index in [2.05, 4.69) is 20.7 Å². The lowest BCUT2D eigenvalue weighted by molar-refractivity contribution is -0.113. The first kappa shape index (κ1) is 19.2. The molecule has 1 aliphatic heterocycles. The largest absolute Gasteiger partial charge is 0.497 e. The van der Waals surface area contributed by atoms with Crippen LogP contribution in [0.15, 0.2) is 66.1 Å². The Kier molecular flexibility index (Phi) is 4.93. The fourth-order valence-corrected chi connectivity index (χ4v) is 3.37. The van der Waals surface area contributed by atoms with Gasteiger partial charge in [-0.25, -0.2) is 9.48 Å². The normalized spacial score (nSPS) is 15.2. The van der Waals surface area contributed by atoms with Crippen LogP contribution in [0.3, 0.4) is 0 Å². The smallest absolute Gasteiger partial charge is 0.335 e. The van der Waals surface area contributed by atoms with Crippen LogP contribution in [0.2, 0.25) is 0 Å². The molecule has 0 fully saturated rings. The van der Waals surface area contributed by atoms with Crippen LogP contribution in [0.1, 0.15) is 28.9 Å². The van der Waals surface area contributed by atoms with E-state index < -0.39 is 12.0 Å². The van der Waals surface area contributed by atoms with Crippen LogP contribution in [-0.4, -0.2) is 38.9 Å².